The van der Waals surface area contributed by atoms with Crippen LogP contribution in [0.3, 0.4) is 0 Å². The van der Waals surface area contributed by atoms with E-state index in [4.69, 9.17) is 4.98 Å². The Balaban J connectivity index is 1.43. The lowest BCUT2D eigenvalue weighted by Crippen LogP contribution is -2.44. The predicted octanol–water partition coefficient (Wildman–Crippen LogP) is 3.52. The molecule has 4 rings (SSSR count). The Hall–Kier alpha value is -2.34. The molecule has 0 amide bonds. The highest BCUT2D eigenvalue weighted by atomic mass is 15.3. The molecule has 28 heavy (non-hydrogen) atoms. The number of nitrogens with zero attached hydrogens (tertiary/aromatic N) is 5. The second-order valence-electron chi connectivity index (χ2n) is 8.32. The normalized spacial score (nSPS) is 19.1. The van der Waals surface area contributed by atoms with E-state index < -0.39 is 0 Å². The van der Waals surface area contributed by atoms with Gasteiger partial charge in [0, 0.05) is 62.4 Å². The number of piperidine rings is 1. The van der Waals surface area contributed by atoms with Crippen molar-refractivity contribution in [3.8, 4) is 0 Å². The molecule has 6 heteroatoms. The molecule has 2 aliphatic rings. The molecule has 0 radical (unpaired) electrons. The number of hydrogen-bond donors (Lipinski definition) is 1. The summed E-state index contributed by atoms with van der Waals surface area (Å²) in [6.07, 6.45) is 2.57. The summed E-state index contributed by atoms with van der Waals surface area (Å²) in [5.74, 6) is 2.54. The van der Waals surface area contributed by atoms with Crippen molar-refractivity contribution < 1.29 is 0 Å². The van der Waals surface area contributed by atoms with E-state index in [0.717, 1.165) is 62.4 Å². The third-order valence-corrected chi connectivity index (χ3v) is 5.94. The van der Waals surface area contributed by atoms with Crippen molar-refractivity contribution in [3.05, 3.63) is 36.0 Å². The maximum absolute atomic E-state index is 4.77. The molecule has 2 saturated heterocycles. The third kappa shape index (κ3) is 4.55. The quantitative estimate of drug-likeness (QED) is 0.876. The van der Waals surface area contributed by atoms with Gasteiger partial charge in [-0.2, -0.15) is 4.98 Å². The maximum Gasteiger partial charge on any atom is 0.229 e. The zero-order valence-electron chi connectivity index (χ0n) is 17.4. The van der Waals surface area contributed by atoms with E-state index >= 15 is 0 Å². The summed E-state index contributed by atoms with van der Waals surface area (Å²) in [6, 6.07) is 10.8. The van der Waals surface area contributed by atoms with Crippen molar-refractivity contribution in [2.24, 2.45) is 5.92 Å². The first-order chi connectivity index (χ1) is 13.6. The summed E-state index contributed by atoms with van der Waals surface area (Å²) in [6.45, 7) is 10.9. The molecular formula is C22H32N6. The number of aryl methyl sites for hydroxylation is 1. The van der Waals surface area contributed by atoms with Gasteiger partial charge < -0.3 is 20.0 Å². The second-order valence-corrected chi connectivity index (χ2v) is 8.32. The lowest BCUT2D eigenvalue weighted by atomic mass is 9.99. The van der Waals surface area contributed by atoms with Gasteiger partial charge in [-0.25, -0.2) is 4.98 Å². The van der Waals surface area contributed by atoms with Gasteiger partial charge in [0.25, 0.3) is 0 Å². The van der Waals surface area contributed by atoms with Gasteiger partial charge in [0.1, 0.15) is 5.82 Å². The van der Waals surface area contributed by atoms with Crippen molar-refractivity contribution >= 4 is 23.1 Å². The van der Waals surface area contributed by atoms with Crippen LogP contribution in [0.2, 0.25) is 0 Å². The highest BCUT2D eigenvalue weighted by molar-refractivity contribution is 5.60. The summed E-state index contributed by atoms with van der Waals surface area (Å²) < 4.78 is 0. The fraction of sp³-hybridized carbons (Fsp3) is 0.545. The fourth-order valence-corrected chi connectivity index (χ4v) is 3.96. The number of nitrogens with one attached hydrogen (secondary N) is 1. The SMILES string of the molecule is Cc1cc(N2CCN(C)CC2)nc(Nc2ccc(N3CCC(C)CC3)cc2)n1. The number of aromatic nitrogens is 2. The Bertz CT molecular complexity index is 774. The summed E-state index contributed by atoms with van der Waals surface area (Å²) in [7, 11) is 2.17. The molecule has 1 N–H and O–H groups in total. The fourth-order valence-electron chi connectivity index (χ4n) is 3.96. The number of benzene rings is 1. The Morgan fingerprint density at radius 2 is 1.57 bits per heavy atom. The number of likely N-dealkylation sites (N-methyl/N-ethyl adjacent to an activating group) is 1. The van der Waals surface area contributed by atoms with Gasteiger partial charge in [-0.15, -0.1) is 0 Å². The molecule has 2 fully saturated rings. The molecule has 3 heterocycles. The van der Waals surface area contributed by atoms with Gasteiger partial charge in [0.05, 0.1) is 0 Å². The second kappa shape index (κ2) is 8.35. The van der Waals surface area contributed by atoms with E-state index in [1.165, 1.54) is 18.5 Å². The molecular weight excluding hydrogens is 348 g/mol. The summed E-state index contributed by atoms with van der Waals surface area (Å²) >= 11 is 0. The molecule has 2 aromatic rings. The van der Waals surface area contributed by atoms with Gasteiger partial charge in [-0.1, -0.05) is 6.92 Å². The van der Waals surface area contributed by atoms with Crippen LogP contribution in [0.5, 0.6) is 0 Å². The Kier molecular flexibility index (Phi) is 5.67. The van der Waals surface area contributed by atoms with E-state index in [1.807, 2.05) is 6.92 Å². The standard InChI is InChI=1S/C22H32N6/c1-17-8-10-27(11-9-17)20-6-4-19(5-7-20)24-22-23-18(2)16-21(25-22)28-14-12-26(3)13-15-28/h4-7,16-17H,8-15H2,1-3H3,(H,23,24,25). The minimum absolute atomic E-state index is 0.675. The molecule has 0 saturated carbocycles. The van der Waals surface area contributed by atoms with Crippen LogP contribution in [0.4, 0.5) is 23.1 Å². The first-order valence-electron chi connectivity index (χ1n) is 10.5. The van der Waals surface area contributed by atoms with E-state index in [9.17, 15) is 0 Å². The highest BCUT2D eigenvalue weighted by Gasteiger charge is 2.17. The predicted molar refractivity (Wildman–Crippen MR) is 117 cm³/mol. The van der Waals surface area contributed by atoms with Crippen molar-refractivity contribution in [1.82, 2.24) is 14.9 Å². The largest absolute Gasteiger partial charge is 0.372 e. The lowest BCUT2D eigenvalue weighted by molar-refractivity contribution is 0.312. The molecule has 1 aromatic carbocycles. The van der Waals surface area contributed by atoms with Crippen LogP contribution in [-0.4, -0.2) is 61.2 Å². The zero-order chi connectivity index (χ0) is 19.5. The van der Waals surface area contributed by atoms with E-state index in [0.29, 0.717) is 5.95 Å². The van der Waals surface area contributed by atoms with Crippen LogP contribution in [0.15, 0.2) is 30.3 Å². The monoisotopic (exact) mass is 380 g/mol. The van der Waals surface area contributed by atoms with E-state index in [-0.39, 0.29) is 0 Å². The van der Waals surface area contributed by atoms with E-state index in [1.54, 1.807) is 0 Å². The smallest absolute Gasteiger partial charge is 0.229 e. The molecule has 0 unspecified atom stereocenters. The minimum Gasteiger partial charge on any atom is -0.372 e. The molecule has 0 atom stereocenters. The van der Waals surface area contributed by atoms with Crippen molar-refractivity contribution in [1.29, 1.82) is 0 Å². The van der Waals surface area contributed by atoms with Gasteiger partial charge in [-0.05, 0) is 57.0 Å². The van der Waals surface area contributed by atoms with Crippen LogP contribution in [0.25, 0.3) is 0 Å². The Morgan fingerprint density at radius 1 is 0.893 bits per heavy atom. The van der Waals surface area contributed by atoms with Crippen LogP contribution in [0, 0.1) is 12.8 Å². The Labute approximate surface area is 168 Å². The third-order valence-electron chi connectivity index (χ3n) is 5.94. The zero-order valence-corrected chi connectivity index (χ0v) is 17.4. The number of hydrogen-bond acceptors (Lipinski definition) is 6. The van der Waals surface area contributed by atoms with E-state index in [2.05, 4.69) is 69.3 Å². The van der Waals surface area contributed by atoms with Crippen LogP contribution >= 0.6 is 0 Å². The maximum atomic E-state index is 4.77. The topological polar surface area (TPSA) is 47.5 Å². The molecule has 6 nitrogen and oxygen atoms in total. The molecule has 0 aliphatic carbocycles. The van der Waals surface area contributed by atoms with Gasteiger partial charge in [0.15, 0.2) is 0 Å². The summed E-state index contributed by atoms with van der Waals surface area (Å²) in [5, 5.41) is 3.39. The average Bonchev–Trinajstić information content (AvgIpc) is 2.69. The molecule has 2 aliphatic heterocycles. The highest BCUT2D eigenvalue weighted by Crippen LogP contribution is 2.25. The van der Waals surface area contributed by atoms with Crippen LogP contribution < -0.4 is 15.1 Å². The molecule has 1 aromatic heterocycles. The number of rotatable bonds is 4. The summed E-state index contributed by atoms with van der Waals surface area (Å²) in [5.41, 5.74) is 3.33. The minimum atomic E-state index is 0.675. The van der Waals surface area contributed by atoms with Crippen LogP contribution in [-0.2, 0) is 0 Å². The lowest BCUT2D eigenvalue weighted by Gasteiger charge is -2.33. The number of anilines is 4. The number of piperazine rings is 1. The van der Waals surface area contributed by atoms with Crippen molar-refractivity contribution in [2.45, 2.75) is 26.7 Å². The molecule has 150 valence electrons. The van der Waals surface area contributed by atoms with Gasteiger partial charge in [-0.3, -0.25) is 0 Å². The summed E-state index contributed by atoms with van der Waals surface area (Å²) in [4.78, 5) is 16.6. The van der Waals surface area contributed by atoms with Crippen molar-refractivity contribution in [3.63, 3.8) is 0 Å². The average molecular weight is 381 g/mol. The van der Waals surface area contributed by atoms with Gasteiger partial charge >= 0.3 is 0 Å². The van der Waals surface area contributed by atoms with Crippen molar-refractivity contribution in [2.75, 3.05) is 61.4 Å². The first-order valence-corrected chi connectivity index (χ1v) is 10.5. The first kappa shape index (κ1) is 19.0. The molecule has 0 bridgehead atoms. The Morgan fingerprint density at radius 3 is 2.25 bits per heavy atom. The van der Waals surface area contributed by atoms with Gasteiger partial charge in [0.2, 0.25) is 5.95 Å². The molecule has 0 spiro atoms. The van der Waals surface area contributed by atoms with Crippen LogP contribution in [0.1, 0.15) is 25.5 Å².